The fourth-order valence-corrected chi connectivity index (χ4v) is 3.24. The Kier molecular flexibility index (Phi) is 7.65. The molecule has 1 aliphatic carbocycles. The van der Waals surface area contributed by atoms with Gasteiger partial charge in [-0.2, -0.15) is 13.2 Å². The molecule has 1 aromatic carbocycles. The van der Waals surface area contributed by atoms with Crippen LogP contribution in [0, 0.1) is 0 Å². The maximum Gasteiger partial charge on any atom is 0.416 e. The number of alkyl halides is 3. The highest BCUT2D eigenvalue weighted by Gasteiger charge is 2.32. The fourth-order valence-electron chi connectivity index (χ4n) is 3.24. The number of hydrogen-bond donors (Lipinski definition) is 3. The quantitative estimate of drug-likeness (QED) is 0.517. The number of rotatable bonds is 6. The lowest BCUT2D eigenvalue weighted by molar-refractivity contribution is -0.137. The number of carbonyl (C=O) groups is 2. The van der Waals surface area contributed by atoms with Crippen molar-refractivity contribution < 1.29 is 22.8 Å². The predicted molar refractivity (Wildman–Crippen MR) is 97.6 cm³/mol. The molecule has 0 bridgehead atoms. The maximum absolute atomic E-state index is 13.0. The van der Waals surface area contributed by atoms with E-state index in [9.17, 15) is 22.8 Å². The van der Waals surface area contributed by atoms with Crippen LogP contribution in [0.5, 0.6) is 0 Å². The van der Waals surface area contributed by atoms with Crippen molar-refractivity contribution in [3.8, 4) is 0 Å². The summed E-state index contributed by atoms with van der Waals surface area (Å²) in [5.74, 6) is -1.11. The Morgan fingerprint density at radius 3 is 2.30 bits per heavy atom. The number of anilines is 1. The molecule has 150 valence electrons. The van der Waals surface area contributed by atoms with E-state index in [1.54, 1.807) is 0 Å². The molecule has 0 heterocycles. The molecule has 0 saturated heterocycles. The summed E-state index contributed by atoms with van der Waals surface area (Å²) >= 11 is 0. The van der Waals surface area contributed by atoms with Gasteiger partial charge in [-0.25, -0.2) is 0 Å². The fraction of sp³-hybridized carbons (Fsp3) is 0.579. The summed E-state index contributed by atoms with van der Waals surface area (Å²) in [6.07, 6.45) is 2.51. The Morgan fingerprint density at radius 1 is 1.04 bits per heavy atom. The van der Waals surface area contributed by atoms with Crippen LogP contribution in [0.4, 0.5) is 18.9 Å². The van der Waals surface area contributed by atoms with E-state index in [0.29, 0.717) is 19.1 Å². The summed E-state index contributed by atoms with van der Waals surface area (Å²) in [5.41, 5.74) is -1.17. The molecular weight excluding hydrogens is 359 g/mol. The highest BCUT2D eigenvalue weighted by atomic mass is 19.4. The summed E-state index contributed by atoms with van der Waals surface area (Å²) in [4.78, 5) is 23.4. The van der Waals surface area contributed by atoms with Crippen molar-refractivity contribution >= 4 is 17.5 Å². The maximum atomic E-state index is 13.0. The minimum absolute atomic E-state index is 0.0564. The van der Waals surface area contributed by atoms with E-state index in [1.165, 1.54) is 38.7 Å². The lowest BCUT2D eigenvalue weighted by Gasteiger charge is -2.16. The molecule has 2 rings (SSSR count). The van der Waals surface area contributed by atoms with E-state index in [4.69, 9.17) is 0 Å². The predicted octanol–water partition coefficient (Wildman–Crippen LogP) is 3.71. The van der Waals surface area contributed by atoms with Crippen molar-refractivity contribution in [3.63, 3.8) is 0 Å². The molecule has 0 aromatic heterocycles. The molecule has 0 spiro atoms. The molecule has 0 radical (unpaired) electrons. The van der Waals surface area contributed by atoms with E-state index in [-0.39, 0.29) is 11.3 Å². The summed E-state index contributed by atoms with van der Waals surface area (Å²) in [7, 11) is 0. The smallest absolute Gasteiger partial charge is 0.351 e. The van der Waals surface area contributed by atoms with Gasteiger partial charge < -0.3 is 16.0 Å². The zero-order chi connectivity index (χ0) is 19.9. The summed E-state index contributed by atoms with van der Waals surface area (Å²) in [6, 6.07) is 3.28. The lowest BCUT2D eigenvalue weighted by atomic mass is 10.1. The van der Waals surface area contributed by atoms with Crippen LogP contribution in [0.2, 0.25) is 0 Å². The number of halogens is 3. The zero-order valence-electron chi connectivity index (χ0n) is 15.4. The van der Waals surface area contributed by atoms with Crippen molar-refractivity contribution in [1.82, 2.24) is 10.6 Å². The van der Waals surface area contributed by atoms with Crippen LogP contribution in [0.15, 0.2) is 18.2 Å². The molecule has 0 unspecified atom stereocenters. The normalized spacial score (nSPS) is 15.9. The topological polar surface area (TPSA) is 70.2 Å². The third kappa shape index (κ3) is 7.21. The van der Waals surface area contributed by atoms with Gasteiger partial charge in [-0.05, 0) is 31.0 Å². The van der Waals surface area contributed by atoms with Crippen molar-refractivity contribution in [2.75, 3.05) is 18.4 Å². The van der Waals surface area contributed by atoms with Crippen molar-refractivity contribution in [2.45, 2.75) is 57.7 Å². The Hall–Kier alpha value is -2.09. The summed E-state index contributed by atoms with van der Waals surface area (Å²) < 4.78 is 39.1. The largest absolute Gasteiger partial charge is 0.416 e. The standard InChI is InChI=1S/C19H26F3N3O2/c1-13(26)25-17-11-14(10-15(12-17)19(20,21)22)18(27)24-9-8-23-16-6-4-2-3-5-7-16/h10-12,16,23H,2-9H2,1H3,(H,24,27)(H,25,26). The number of carbonyl (C=O) groups excluding carboxylic acids is 2. The van der Waals surface area contributed by atoms with Crippen LogP contribution in [0.25, 0.3) is 0 Å². The van der Waals surface area contributed by atoms with Crippen molar-refractivity contribution in [1.29, 1.82) is 0 Å². The van der Waals surface area contributed by atoms with Gasteiger partial charge in [0.2, 0.25) is 5.91 Å². The second kappa shape index (κ2) is 9.73. The zero-order valence-corrected chi connectivity index (χ0v) is 15.4. The third-order valence-electron chi connectivity index (χ3n) is 4.54. The first kappa shape index (κ1) is 21.2. The summed E-state index contributed by atoms with van der Waals surface area (Å²) in [6.45, 7) is 2.08. The first-order valence-electron chi connectivity index (χ1n) is 9.27. The minimum atomic E-state index is -4.61. The Bertz CT molecular complexity index is 654. The van der Waals surface area contributed by atoms with E-state index in [1.807, 2.05) is 0 Å². The molecule has 8 heteroatoms. The van der Waals surface area contributed by atoms with Crippen molar-refractivity contribution in [2.24, 2.45) is 0 Å². The van der Waals surface area contributed by atoms with E-state index in [2.05, 4.69) is 16.0 Å². The average Bonchev–Trinajstić information content (AvgIpc) is 2.85. The van der Waals surface area contributed by atoms with Crippen LogP contribution in [-0.4, -0.2) is 30.9 Å². The monoisotopic (exact) mass is 385 g/mol. The molecule has 0 aliphatic heterocycles. The molecule has 27 heavy (non-hydrogen) atoms. The van der Waals surface area contributed by atoms with E-state index >= 15 is 0 Å². The lowest BCUT2D eigenvalue weighted by Crippen LogP contribution is -2.37. The summed E-state index contributed by atoms with van der Waals surface area (Å²) in [5, 5.41) is 8.32. The molecule has 5 nitrogen and oxygen atoms in total. The van der Waals surface area contributed by atoms with Gasteiger partial charge in [0, 0.05) is 37.3 Å². The first-order valence-corrected chi connectivity index (χ1v) is 9.27. The number of amides is 2. The second-order valence-electron chi connectivity index (χ2n) is 6.88. The average molecular weight is 385 g/mol. The molecule has 1 aromatic rings. The molecule has 1 aliphatic rings. The van der Waals surface area contributed by atoms with Gasteiger partial charge in [0.05, 0.1) is 5.56 Å². The van der Waals surface area contributed by atoms with Gasteiger partial charge in [-0.15, -0.1) is 0 Å². The van der Waals surface area contributed by atoms with E-state index < -0.39 is 23.6 Å². The van der Waals surface area contributed by atoms with Gasteiger partial charge in [0.1, 0.15) is 0 Å². The minimum Gasteiger partial charge on any atom is -0.351 e. The molecule has 0 atom stereocenters. The van der Waals surface area contributed by atoms with Crippen LogP contribution in [0.3, 0.4) is 0 Å². The van der Waals surface area contributed by atoms with Crippen LogP contribution in [0.1, 0.15) is 61.4 Å². The van der Waals surface area contributed by atoms with E-state index in [0.717, 1.165) is 25.0 Å². The second-order valence-corrected chi connectivity index (χ2v) is 6.88. The molecule has 3 N–H and O–H groups in total. The molecule has 2 amide bonds. The van der Waals surface area contributed by atoms with Crippen LogP contribution >= 0.6 is 0 Å². The third-order valence-corrected chi connectivity index (χ3v) is 4.54. The molecule has 1 saturated carbocycles. The Morgan fingerprint density at radius 2 is 1.70 bits per heavy atom. The highest BCUT2D eigenvalue weighted by molar-refractivity contribution is 5.97. The van der Waals surface area contributed by atoms with Gasteiger partial charge in [-0.1, -0.05) is 25.7 Å². The number of benzene rings is 1. The van der Waals surface area contributed by atoms with Gasteiger partial charge >= 0.3 is 6.18 Å². The Balaban J connectivity index is 1.94. The number of nitrogens with one attached hydrogen (secondary N) is 3. The van der Waals surface area contributed by atoms with Crippen LogP contribution in [-0.2, 0) is 11.0 Å². The van der Waals surface area contributed by atoms with Gasteiger partial charge in [0.25, 0.3) is 5.91 Å². The van der Waals surface area contributed by atoms with Gasteiger partial charge in [0.15, 0.2) is 0 Å². The Labute approximate surface area is 157 Å². The van der Waals surface area contributed by atoms with Gasteiger partial charge in [-0.3, -0.25) is 9.59 Å². The highest BCUT2D eigenvalue weighted by Crippen LogP contribution is 2.32. The number of hydrogen-bond acceptors (Lipinski definition) is 3. The van der Waals surface area contributed by atoms with Crippen molar-refractivity contribution in [3.05, 3.63) is 29.3 Å². The molecule has 1 fully saturated rings. The SMILES string of the molecule is CC(=O)Nc1cc(C(=O)NCCNC2CCCCCC2)cc(C(F)(F)F)c1. The van der Waals surface area contributed by atoms with Crippen LogP contribution < -0.4 is 16.0 Å². The first-order chi connectivity index (χ1) is 12.8. The molecular formula is C19H26F3N3O2.